The molecule has 0 aromatic carbocycles. The van der Waals surface area contributed by atoms with Crippen LogP contribution in [-0.4, -0.2) is 18.6 Å². The molecule has 1 nitrogen and oxygen atoms in total. The molecule has 0 N–H and O–H groups in total. The van der Waals surface area contributed by atoms with E-state index in [1.807, 2.05) is 0 Å². The SMILES string of the molecule is ClCC1CCCCO1. The standard InChI is InChI=1S/C6H11ClO/c7-5-6-3-1-2-4-8-6/h6H,1-5H2. The third-order valence-corrected chi connectivity index (χ3v) is 1.79. The molecule has 0 bridgehead atoms. The minimum atomic E-state index is 0.352. The van der Waals surface area contributed by atoms with E-state index < -0.39 is 0 Å². The summed E-state index contributed by atoms with van der Waals surface area (Å²) >= 11 is 5.56. The maximum absolute atomic E-state index is 5.56. The van der Waals surface area contributed by atoms with Crippen LogP contribution in [0.5, 0.6) is 0 Å². The van der Waals surface area contributed by atoms with Gasteiger partial charge in [-0.25, -0.2) is 0 Å². The quantitative estimate of drug-likeness (QED) is 0.497. The Kier molecular flexibility index (Phi) is 2.64. The van der Waals surface area contributed by atoms with Gasteiger partial charge in [0.2, 0.25) is 0 Å². The fraction of sp³-hybridized carbons (Fsp3) is 1.00. The van der Waals surface area contributed by atoms with Gasteiger partial charge in [-0.1, -0.05) is 0 Å². The summed E-state index contributed by atoms with van der Waals surface area (Å²) in [5.74, 6) is 0.667. The fourth-order valence-corrected chi connectivity index (χ4v) is 1.17. The number of hydrogen-bond donors (Lipinski definition) is 0. The van der Waals surface area contributed by atoms with Gasteiger partial charge in [0.15, 0.2) is 0 Å². The Hall–Kier alpha value is 0.250. The lowest BCUT2D eigenvalue weighted by Crippen LogP contribution is -2.19. The van der Waals surface area contributed by atoms with Crippen LogP contribution in [0.3, 0.4) is 0 Å². The van der Waals surface area contributed by atoms with Crippen molar-refractivity contribution in [3.8, 4) is 0 Å². The molecule has 1 unspecified atom stereocenters. The van der Waals surface area contributed by atoms with E-state index in [9.17, 15) is 0 Å². The lowest BCUT2D eigenvalue weighted by Gasteiger charge is -2.19. The summed E-state index contributed by atoms with van der Waals surface area (Å²) in [5, 5.41) is 0. The highest BCUT2D eigenvalue weighted by molar-refractivity contribution is 6.18. The Morgan fingerprint density at radius 2 is 2.38 bits per heavy atom. The van der Waals surface area contributed by atoms with Crippen LogP contribution < -0.4 is 0 Å². The first-order valence-electron chi connectivity index (χ1n) is 3.11. The Labute approximate surface area is 55.0 Å². The number of rotatable bonds is 1. The monoisotopic (exact) mass is 134 g/mol. The molecule has 1 saturated heterocycles. The Morgan fingerprint density at radius 3 is 2.75 bits per heavy atom. The Morgan fingerprint density at radius 1 is 1.50 bits per heavy atom. The highest BCUT2D eigenvalue weighted by Crippen LogP contribution is 2.12. The molecule has 1 fully saturated rings. The molecule has 0 spiro atoms. The van der Waals surface area contributed by atoms with Crippen LogP contribution in [0, 0.1) is 0 Å². The largest absolute Gasteiger partial charge is 0.377 e. The summed E-state index contributed by atoms with van der Waals surface area (Å²) in [6.07, 6.45) is 4.01. The summed E-state index contributed by atoms with van der Waals surface area (Å²) in [5.41, 5.74) is 0. The first-order valence-corrected chi connectivity index (χ1v) is 3.64. The zero-order chi connectivity index (χ0) is 5.82. The molecular formula is C6H11ClO. The van der Waals surface area contributed by atoms with Gasteiger partial charge < -0.3 is 4.74 Å². The van der Waals surface area contributed by atoms with Crippen molar-refractivity contribution in [1.29, 1.82) is 0 Å². The molecule has 0 aromatic rings. The average molecular weight is 135 g/mol. The van der Waals surface area contributed by atoms with Gasteiger partial charge in [-0.3, -0.25) is 0 Å². The van der Waals surface area contributed by atoms with Crippen LogP contribution in [0.2, 0.25) is 0 Å². The second kappa shape index (κ2) is 3.31. The highest BCUT2D eigenvalue weighted by atomic mass is 35.5. The summed E-state index contributed by atoms with van der Waals surface area (Å²) in [4.78, 5) is 0. The average Bonchev–Trinajstić information content (AvgIpc) is 1.90. The van der Waals surface area contributed by atoms with Crippen LogP contribution in [0.25, 0.3) is 0 Å². The summed E-state index contributed by atoms with van der Waals surface area (Å²) in [6, 6.07) is 0. The van der Waals surface area contributed by atoms with E-state index in [2.05, 4.69) is 0 Å². The maximum Gasteiger partial charge on any atom is 0.0710 e. The van der Waals surface area contributed by atoms with E-state index in [1.165, 1.54) is 12.8 Å². The van der Waals surface area contributed by atoms with Crippen molar-refractivity contribution in [2.75, 3.05) is 12.5 Å². The van der Waals surface area contributed by atoms with Gasteiger partial charge in [0.1, 0.15) is 0 Å². The molecule has 48 valence electrons. The van der Waals surface area contributed by atoms with Crippen LogP contribution >= 0.6 is 11.6 Å². The van der Waals surface area contributed by atoms with Crippen molar-refractivity contribution < 1.29 is 4.74 Å². The molecule has 0 aromatic heterocycles. The van der Waals surface area contributed by atoms with Crippen LogP contribution in [0.1, 0.15) is 19.3 Å². The molecular weight excluding hydrogens is 124 g/mol. The molecule has 1 aliphatic rings. The minimum absolute atomic E-state index is 0.352. The van der Waals surface area contributed by atoms with Crippen molar-refractivity contribution >= 4 is 11.6 Å². The van der Waals surface area contributed by atoms with Gasteiger partial charge in [-0.2, -0.15) is 0 Å². The molecule has 0 saturated carbocycles. The second-order valence-electron chi connectivity index (χ2n) is 2.14. The number of hydrogen-bond acceptors (Lipinski definition) is 1. The minimum Gasteiger partial charge on any atom is -0.377 e. The van der Waals surface area contributed by atoms with Crippen molar-refractivity contribution in [2.24, 2.45) is 0 Å². The van der Waals surface area contributed by atoms with Gasteiger partial charge in [0, 0.05) is 12.5 Å². The van der Waals surface area contributed by atoms with E-state index in [0.717, 1.165) is 13.0 Å². The van der Waals surface area contributed by atoms with Crippen LogP contribution in [0.4, 0.5) is 0 Å². The van der Waals surface area contributed by atoms with Crippen molar-refractivity contribution in [1.82, 2.24) is 0 Å². The molecule has 0 radical (unpaired) electrons. The molecule has 0 aliphatic carbocycles. The van der Waals surface area contributed by atoms with Gasteiger partial charge in [0.05, 0.1) is 6.10 Å². The Bertz CT molecular complexity index is 59.5. The van der Waals surface area contributed by atoms with E-state index in [-0.39, 0.29) is 0 Å². The van der Waals surface area contributed by atoms with Gasteiger partial charge in [-0.05, 0) is 19.3 Å². The zero-order valence-corrected chi connectivity index (χ0v) is 5.66. The van der Waals surface area contributed by atoms with E-state index in [1.54, 1.807) is 0 Å². The normalized spacial score (nSPS) is 30.4. The second-order valence-corrected chi connectivity index (χ2v) is 2.45. The molecule has 0 amide bonds. The van der Waals surface area contributed by atoms with Gasteiger partial charge in [-0.15, -0.1) is 11.6 Å². The van der Waals surface area contributed by atoms with E-state index in [0.29, 0.717) is 12.0 Å². The first kappa shape index (κ1) is 6.37. The van der Waals surface area contributed by atoms with Crippen LogP contribution in [-0.2, 0) is 4.74 Å². The lowest BCUT2D eigenvalue weighted by molar-refractivity contribution is 0.0307. The predicted molar refractivity (Wildman–Crippen MR) is 34.3 cm³/mol. The molecule has 1 heterocycles. The maximum atomic E-state index is 5.56. The zero-order valence-electron chi connectivity index (χ0n) is 4.90. The first-order chi connectivity index (χ1) is 3.93. The summed E-state index contributed by atoms with van der Waals surface area (Å²) < 4.78 is 5.30. The van der Waals surface area contributed by atoms with Crippen LogP contribution in [0.15, 0.2) is 0 Å². The molecule has 8 heavy (non-hydrogen) atoms. The third kappa shape index (κ3) is 1.64. The van der Waals surface area contributed by atoms with Crippen molar-refractivity contribution in [3.05, 3.63) is 0 Å². The smallest absolute Gasteiger partial charge is 0.0710 e. The van der Waals surface area contributed by atoms with E-state index >= 15 is 0 Å². The lowest BCUT2D eigenvalue weighted by atomic mass is 10.1. The number of alkyl halides is 1. The Balaban J connectivity index is 2.13. The molecule has 1 rings (SSSR count). The molecule has 2 heteroatoms. The van der Waals surface area contributed by atoms with E-state index in [4.69, 9.17) is 16.3 Å². The van der Waals surface area contributed by atoms with Gasteiger partial charge in [0.25, 0.3) is 0 Å². The number of ether oxygens (including phenoxy) is 1. The molecule has 1 atom stereocenters. The number of halogens is 1. The molecule has 1 aliphatic heterocycles. The van der Waals surface area contributed by atoms with Gasteiger partial charge >= 0.3 is 0 Å². The van der Waals surface area contributed by atoms with Crippen molar-refractivity contribution in [3.63, 3.8) is 0 Å². The third-order valence-electron chi connectivity index (χ3n) is 1.45. The predicted octanol–water partition coefficient (Wildman–Crippen LogP) is 1.79. The summed E-state index contributed by atoms with van der Waals surface area (Å²) in [6.45, 7) is 0.914. The summed E-state index contributed by atoms with van der Waals surface area (Å²) in [7, 11) is 0. The highest BCUT2D eigenvalue weighted by Gasteiger charge is 2.10. The topological polar surface area (TPSA) is 9.23 Å². The van der Waals surface area contributed by atoms with Crippen molar-refractivity contribution in [2.45, 2.75) is 25.4 Å². The fourth-order valence-electron chi connectivity index (χ4n) is 0.929.